The number of hydrogen-bond donors (Lipinski definition) is 1. The lowest BCUT2D eigenvalue weighted by molar-refractivity contribution is 0.102. The van der Waals surface area contributed by atoms with Crippen molar-refractivity contribution in [1.29, 1.82) is 0 Å². The number of rotatable bonds is 6. The molecule has 6 nitrogen and oxygen atoms in total. The van der Waals surface area contributed by atoms with Crippen molar-refractivity contribution in [2.24, 2.45) is 0 Å². The molecule has 1 heterocycles. The smallest absolute Gasteiger partial charge is 0.257 e. The number of nitrogens with one attached hydrogen (secondary N) is 1. The van der Waals surface area contributed by atoms with Crippen LogP contribution in [-0.4, -0.2) is 32.2 Å². The standard InChI is InChI=1S/C19H17FN2O4S/c1-24-15-8-12(9-16(25-2)17(15)26-3)18(23)22-19-21-14(10-27-19)11-4-6-13(20)7-5-11/h4-10H,1-3H3,(H,21,22,23). The summed E-state index contributed by atoms with van der Waals surface area (Å²) in [4.78, 5) is 17.0. The Morgan fingerprint density at radius 1 is 1.04 bits per heavy atom. The Bertz CT molecular complexity index is 932. The summed E-state index contributed by atoms with van der Waals surface area (Å²) in [5.74, 6) is 0.491. The highest BCUT2D eigenvalue weighted by molar-refractivity contribution is 7.14. The van der Waals surface area contributed by atoms with Crippen molar-refractivity contribution in [3.63, 3.8) is 0 Å². The summed E-state index contributed by atoms with van der Waals surface area (Å²) in [6.07, 6.45) is 0. The van der Waals surface area contributed by atoms with E-state index >= 15 is 0 Å². The number of nitrogens with zero attached hydrogens (tertiary/aromatic N) is 1. The molecular formula is C19H17FN2O4S. The van der Waals surface area contributed by atoms with E-state index in [1.807, 2.05) is 0 Å². The topological polar surface area (TPSA) is 69.7 Å². The van der Waals surface area contributed by atoms with E-state index in [4.69, 9.17) is 14.2 Å². The number of amides is 1. The number of benzene rings is 2. The minimum Gasteiger partial charge on any atom is -0.493 e. The van der Waals surface area contributed by atoms with Gasteiger partial charge in [-0.05, 0) is 36.4 Å². The van der Waals surface area contributed by atoms with Crippen LogP contribution in [0.4, 0.5) is 9.52 Å². The lowest BCUT2D eigenvalue weighted by Crippen LogP contribution is -2.12. The number of ether oxygens (including phenoxy) is 3. The van der Waals surface area contributed by atoms with Crippen LogP contribution in [0.15, 0.2) is 41.8 Å². The van der Waals surface area contributed by atoms with Gasteiger partial charge >= 0.3 is 0 Å². The van der Waals surface area contributed by atoms with Crippen molar-refractivity contribution >= 4 is 22.4 Å². The molecule has 1 N–H and O–H groups in total. The van der Waals surface area contributed by atoms with Crippen molar-refractivity contribution < 1.29 is 23.4 Å². The van der Waals surface area contributed by atoms with Crippen LogP contribution in [0.1, 0.15) is 10.4 Å². The molecule has 0 radical (unpaired) electrons. The summed E-state index contributed by atoms with van der Waals surface area (Å²) in [5.41, 5.74) is 1.75. The first-order chi connectivity index (χ1) is 13.0. The van der Waals surface area contributed by atoms with Crippen LogP contribution in [0.3, 0.4) is 0 Å². The van der Waals surface area contributed by atoms with Crippen LogP contribution < -0.4 is 19.5 Å². The molecule has 1 amide bonds. The lowest BCUT2D eigenvalue weighted by atomic mass is 10.1. The van der Waals surface area contributed by atoms with Crippen molar-refractivity contribution in [2.75, 3.05) is 26.6 Å². The lowest BCUT2D eigenvalue weighted by Gasteiger charge is -2.13. The Labute approximate surface area is 159 Å². The van der Waals surface area contributed by atoms with Crippen molar-refractivity contribution in [3.05, 3.63) is 53.2 Å². The van der Waals surface area contributed by atoms with Crippen LogP contribution in [0, 0.1) is 5.82 Å². The molecule has 140 valence electrons. The van der Waals surface area contributed by atoms with E-state index in [2.05, 4.69) is 10.3 Å². The number of anilines is 1. The van der Waals surface area contributed by atoms with Gasteiger partial charge in [-0.25, -0.2) is 9.37 Å². The predicted octanol–water partition coefficient (Wildman–Crippen LogP) is 4.23. The number of methoxy groups -OCH3 is 3. The number of halogens is 1. The maximum atomic E-state index is 13.0. The van der Waals surface area contributed by atoms with Gasteiger partial charge in [-0.1, -0.05) is 0 Å². The largest absolute Gasteiger partial charge is 0.493 e. The third-order valence-corrected chi connectivity index (χ3v) is 4.55. The van der Waals surface area contributed by atoms with E-state index in [9.17, 15) is 9.18 Å². The Morgan fingerprint density at radius 2 is 1.67 bits per heavy atom. The van der Waals surface area contributed by atoms with E-state index in [1.54, 1.807) is 29.6 Å². The van der Waals surface area contributed by atoms with Crippen LogP contribution in [0.2, 0.25) is 0 Å². The third-order valence-electron chi connectivity index (χ3n) is 3.79. The maximum absolute atomic E-state index is 13.0. The number of carbonyl (C=O) groups excluding carboxylic acids is 1. The quantitative estimate of drug-likeness (QED) is 0.684. The van der Waals surface area contributed by atoms with E-state index in [1.165, 1.54) is 44.8 Å². The van der Waals surface area contributed by atoms with Gasteiger partial charge in [0.2, 0.25) is 5.75 Å². The fourth-order valence-electron chi connectivity index (χ4n) is 2.47. The molecule has 0 bridgehead atoms. The van der Waals surface area contributed by atoms with Crippen LogP contribution in [0.5, 0.6) is 17.2 Å². The van der Waals surface area contributed by atoms with E-state index in [-0.39, 0.29) is 11.7 Å². The molecule has 8 heteroatoms. The second kappa shape index (κ2) is 8.05. The molecule has 2 aromatic carbocycles. The second-order valence-corrected chi connectivity index (χ2v) is 6.27. The van der Waals surface area contributed by atoms with Gasteiger partial charge in [0.05, 0.1) is 27.0 Å². The van der Waals surface area contributed by atoms with Gasteiger partial charge in [-0.3, -0.25) is 10.1 Å². The van der Waals surface area contributed by atoms with E-state index in [0.717, 1.165) is 5.56 Å². The van der Waals surface area contributed by atoms with Crippen LogP contribution in [0.25, 0.3) is 11.3 Å². The Balaban J connectivity index is 1.82. The van der Waals surface area contributed by atoms with Gasteiger partial charge in [0.25, 0.3) is 5.91 Å². The highest BCUT2D eigenvalue weighted by Crippen LogP contribution is 2.38. The zero-order valence-electron chi connectivity index (χ0n) is 14.9. The number of hydrogen-bond acceptors (Lipinski definition) is 6. The van der Waals surface area contributed by atoms with Gasteiger partial charge in [-0.15, -0.1) is 11.3 Å². The summed E-state index contributed by atoms with van der Waals surface area (Å²) >= 11 is 1.28. The Morgan fingerprint density at radius 3 is 2.22 bits per heavy atom. The normalized spacial score (nSPS) is 10.4. The maximum Gasteiger partial charge on any atom is 0.257 e. The summed E-state index contributed by atoms with van der Waals surface area (Å²) < 4.78 is 28.8. The van der Waals surface area contributed by atoms with Crippen molar-refractivity contribution in [3.8, 4) is 28.5 Å². The minimum absolute atomic E-state index is 0.315. The third kappa shape index (κ3) is 4.01. The zero-order chi connectivity index (χ0) is 19.4. The predicted molar refractivity (Wildman–Crippen MR) is 102 cm³/mol. The highest BCUT2D eigenvalue weighted by Gasteiger charge is 2.18. The fourth-order valence-corrected chi connectivity index (χ4v) is 3.18. The first kappa shape index (κ1) is 18.7. The molecule has 0 aliphatic carbocycles. The fraction of sp³-hybridized carbons (Fsp3) is 0.158. The Kier molecular flexibility index (Phi) is 5.56. The van der Waals surface area contributed by atoms with E-state index in [0.29, 0.717) is 33.6 Å². The summed E-state index contributed by atoms with van der Waals surface area (Å²) in [6.45, 7) is 0. The molecule has 27 heavy (non-hydrogen) atoms. The first-order valence-corrected chi connectivity index (χ1v) is 8.76. The number of aromatic nitrogens is 1. The second-order valence-electron chi connectivity index (χ2n) is 5.41. The highest BCUT2D eigenvalue weighted by atomic mass is 32.1. The van der Waals surface area contributed by atoms with Crippen LogP contribution >= 0.6 is 11.3 Å². The molecule has 0 spiro atoms. The van der Waals surface area contributed by atoms with Gasteiger partial charge in [0.1, 0.15) is 5.82 Å². The Hall–Kier alpha value is -3.13. The SMILES string of the molecule is COc1cc(C(=O)Nc2nc(-c3ccc(F)cc3)cs2)cc(OC)c1OC. The molecule has 0 saturated carbocycles. The zero-order valence-corrected chi connectivity index (χ0v) is 15.7. The molecule has 0 fully saturated rings. The molecule has 1 aromatic heterocycles. The van der Waals surface area contributed by atoms with Crippen LogP contribution in [-0.2, 0) is 0 Å². The average Bonchev–Trinajstić information content (AvgIpc) is 3.15. The van der Waals surface area contributed by atoms with Gasteiger partial charge in [-0.2, -0.15) is 0 Å². The molecule has 0 atom stereocenters. The molecule has 0 saturated heterocycles. The number of thiazole rings is 1. The minimum atomic E-state index is -0.366. The van der Waals surface area contributed by atoms with Gasteiger partial charge < -0.3 is 14.2 Å². The van der Waals surface area contributed by atoms with E-state index < -0.39 is 0 Å². The van der Waals surface area contributed by atoms with Gasteiger partial charge in [0, 0.05) is 16.5 Å². The average molecular weight is 388 g/mol. The van der Waals surface area contributed by atoms with Crippen molar-refractivity contribution in [2.45, 2.75) is 0 Å². The molecule has 0 unspecified atom stereocenters. The van der Waals surface area contributed by atoms with Gasteiger partial charge in [0.15, 0.2) is 16.6 Å². The molecule has 3 rings (SSSR count). The molecule has 3 aromatic rings. The first-order valence-electron chi connectivity index (χ1n) is 7.88. The molecule has 0 aliphatic rings. The molecule has 0 aliphatic heterocycles. The summed E-state index contributed by atoms with van der Waals surface area (Å²) in [7, 11) is 4.45. The monoisotopic (exact) mass is 388 g/mol. The summed E-state index contributed by atoms with van der Waals surface area (Å²) in [6, 6.07) is 9.12. The molecular weight excluding hydrogens is 371 g/mol. The van der Waals surface area contributed by atoms with Crippen molar-refractivity contribution in [1.82, 2.24) is 4.98 Å². The summed E-state index contributed by atoms with van der Waals surface area (Å²) in [5, 5.41) is 4.96. The number of carbonyl (C=O) groups is 1.